The summed E-state index contributed by atoms with van der Waals surface area (Å²) < 4.78 is 11.4. The van der Waals surface area contributed by atoms with E-state index in [9.17, 15) is 0 Å². The van der Waals surface area contributed by atoms with Crippen molar-refractivity contribution in [2.24, 2.45) is 0 Å². The summed E-state index contributed by atoms with van der Waals surface area (Å²) in [6.07, 6.45) is 4.18. The highest BCUT2D eigenvalue weighted by atomic mass is 16.5. The van der Waals surface area contributed by atoms with Crippen molar-refractivity contribution in [1.29, 1.82) is 0 Å². The summed E-state index contributed by atoms with van der Waals surface area (Å²) in [4.78, 5) is 2.25. The Hall–Kier alpha value is -1.26. The third-order valence-corrected chi connectivity index (χ3v) is 3.97. The number of ether oxygens (including phenoxy) is 2. The lowest BCUT2D eigenvalue weighted by atomic mass is 10.2. The molecule has 118 valence electrons. The molecule has 1 aliphatic heterocycles. The second kappa shape index (κ2) is 8.25. The highest BCUT2D eigenvalue weighted by Gasteiger charge is 2.25. The first-order chi connectivity index (χ1) is 10.2. The lowest BCUT2D eigenvalue weighted by Crippen LogP contribution is -2.32. The van der Waals surface area contributed by atoms with E-state index >= 15 is 0 Å². The SMILES string of the molecule is CCCNCC1CCC(CN(C)c2cccc(OC)c2)O1. The number of nitrogens with one attached hydrogen (secondary N) is 1. The van der Waals surface area contributed by atoms with Crippen LogP contribution in [-0.4, -0.2) is 46.0 Å². The third-order valence-electron chi connectivity index (χ3n) is 3.97. The predicted octanol–water partition coefficient (Wildman–Crippen LogP) is 2.68. The van der Waals surface area contributed by atoms with E-state index in [4.69, 9.17) is 9.47 Å². The number of methoxy groups -OCH3 is 1. The normalized spacial score (nSPS) is 21.5. The van der Waals surface area contributed by atoms with Crippen molar-refractivity contribution in [1.82, 2.24) is 5.32 Å². The monoisotopic (exact) mass is 292 g/mol. The van der Waals surface area contributed by atoms with Gasteiger partial charge in [-0.3, -0.25) is 0 Å². The standard InChI is InChI=1S/C17H28N2O2/c1-4-10-18-12-16-8-9-17(21-16)13-19(2)14-6-5-7-15(11-14)20-3/h5-7,11,16-18H,4,8-10,12-13H2,1-3H3. The number of likely N-dealkylation sites (N-methyl/N-ethyl adjacent to an activating group) is 1. The number of rotatable bonds is 8. The lowest BCUT2D eigenvalue weighted by molar-refractivity contribution is 0.0501. The Labute approximate surface area is 128 Å². The number of hydrogen-bond donors (Lipinski definition) is 1. The average Bonchev–Trinajstić information content (AvgIpc) is 2.95. The van der Waals surface area contributed by atoms with Crippen LogP contribution in [0.4, 0.5) is 5.69 Å². The molecule has 1 aromatic carbocycles. The van der Waals surface area contributed by atoms with Crippen molar-refractivity contribution >= 4 is 5.69 Å². The van der Waals surface area contributed by atoms with Gasteiger partial charge < -0.3 is 19.7 Å². The Morgan fingerprint density at radius 3 is 2.90 bits per heavy atom. The van der Waals surface area contributed by atoms with Crippen molar-refractivity contribution in [3.8, 4) is 5.75 Å². The minimum atomic E-state index is 0.328. The molecule has 0 aromatic heterocycles. The summed E-state index contributed by atoms with van der Waals surface area (Å²) in [6.45, 7) is 5.17. The number of anilines is 1. The molecule has 4 heteroatoms. The van der Waals surface area contributed by atoms with E-state index in [1.54, 1.807) is 7.11 Å². The Bertz CT molecular complexity index is 425. The molecule has 0 bridgehead atoms. The Morgan fingerprint density at radius 2 is 2.14 bits per heavy atom. The summed E-state index contributed by atoms with van der Waals surface area (Å²) in [7, 11) is 3.81. The van der Waals surface area contributed by atoms with Crippen LogP contribution in [0.25, 0.3) is 0 Å². The smallest absolute Gasteiger partial charge is 0.120 e. The van der Waals surface area contributed by atoms with E-state index in [1.165, 1.54) is 12.1 Å². The van der Waals surface area contributed by atoms with Crippen LogP contribution in [0.5, 0.6) is 5.75 Å². The Balaban J connectivity index is 1.79. The van der Waals surface area contributed by atoms with Crippen molar-refractivity contribution in [3.63, 3.8) is 0 Å². The van der Waals surface area contributed by atoms with Gasteiger partial charge in [-0.05, 0) is 37.9 Å². The molecule has 1 aromatic rings. The third kappa shape index (κ3) is 4.90. The number of benzene rings is 1. The van der Waals surface area contributed by atoms with Crippen LogP contribution in [-0.2, 0) is 4.74 Å². The topological polar surface area (TPSA) is 33.7 Å². The molecule has 1 saturated heterocycles. The molecule has 4 nitrogen and oxygen atoms in total. The molecule has 1 heterocycles. The van der Waals surface area contributed by atoms with Crippen LogP contribution in [0.15, 0.2) is 24.3 Å². The first kappa shape index (κ1) is 16.1. The fourth-order valence-corrected chi connectivity index (χ4v) is 2.76. The second-order valence-corrected chi connectivity index (χ2v) is 5.74. The Morgan fingerprint density at radius 1 is 1.33 bits per heavy atom. The van der Waals surface area contributed by atoms with Gasteiger partial charge in [0.2, 0.25) is 0 Å². The summed E-state index contributed by atoms with van der Waals surface area (Å²) in [6, 6.07) is 8.17. The molecule has 1 N–H and O–H groups in total. The highest BCUT2D eigenvalue weighted by molar-refractivity contribution is 5.50. The zero-order valence-electron chi connectivity index (χ0n) is 13.5. The molecule has 21 heavy (non-hydrogen) atoms. The maximum atomic E-state index is 6.12. The minimum absolute atomic E-state index is 0.328. The van der Waals surface area contributed by atoms with E-state index in [2.05, 4.69) is 36.3 Å². The zero-order chi connectivity index (χ0) is 15.1. The van der Waals surface area contributed by atoms with E-state index in [0.29, 0.717) is 12.2 Å². The molecule has 0 radical (unpaired) electrons. The van der Waals surface area contributed by atoms with Crippen LogP contribution < -0.4 is 15.0 Å². The minimum Gasteiger partial charge on any atom is -0.497 e. The van der Waals surface area contributed by atoms with Gasteiger partial charge in [-0.25, -0.2) is 0 Å². The first-order valence-electron chi connectivity index (χ1n) is 7.94. The van der Waals surface area contributed by atoms with Gasteiger partial charge in [0.25, 0.3) is 0 Å². The summed E-state index contributed by atoms with van der Waals surface area (Å²) in [5, 5.41) is 3.44. The summed E-state index contributed by atoms with van der Waals surface area (Å²) in [5.74, 6) is 0.897. The summed E-state index contributed by atoms with van der Waals surface area (Å²) >= 11 is 0. The molecule has 2 atom stereocenters. The van der Waals surface area contributed by atoms with Gasteiger partial charge in [-0.2, -0.15) is 0 Å². The fourth-order valence-electron chi connectivity index (χ4n) is 2.76. The van der Waals surface area contributed by atoms with Gasteiger partial charge in [0.05, 0.1) is 19.3 Å². The van der Waals surface area contributed by atoms with E-state index in [1.807, 2.05) is 12.1 Å². The molecule has 0 spiro atoms. The molecular weight excluding hydrogens is 264 g/mol. The largest absolute Gasteiger partial charge is 0.497 e. The maximum absolute atomic E-state index is 6.12. The average molecular weight is 292 g/mol. The van der Waals surface area contributed by atoms with Gasteiger partial charge in [0, 0.05) is 31.9 Å². The quantitative estimate of drug-likeness (QED) is 0.747. The molecule has 1 aliphatic rings. The van der Waals surface area contributed by atoms with Crippen molar-refractivity contribution in [2.75, 3.05) is 38.7 Å². The van der Waals surface area contributed by atoms with Crippen LogP contribution >= 0.6 is 0 Å². The zero-order valence-corrected chi connectivity index (χ0v) is 13.5. The molecule has 0 amide bonds. The first-order valence-corrected chi connectivity index (χ1v) is 7.94. The molecular formula is C17H28N2O2. The fraction of sp³-hybridized carbons (Fsp3) is 0.647. The van der Waals surface area contributed by atoms with Gasteiger partial charge in [0.1, 0.15) is 5.75 Å². The molecule has 0 saturated carbocycles. The molecule has 2 rings (SSSR count). The maximum Gasteiger partial charge on any atom is 0.120 e. The Kier molecular flexibility index (Phi) is 6.33. The predicted molar refractivity (Wildman–Crippen MR) is 87.3 cm³/mol. The van der Waals surface area contributed by atoms with Crippen molar-refractivity contribution in [3.05, 3.63) is 24.3 Å². The molecule has 2 unspecified atom stereocenters. The van der Waals surface area contributed by atoms with E-state index in [0.717, 1.165) is 38.2 Å². The highest BCUT2D eigenvalue weighted by Crippen LogP contribution is 2.24. The van der Waals surface area contributed by atoms with E-state index < -0.39 is 0 Å². The van der Waals surface area contributed by atoms with Gasteiger partial charge in [-0.1, -0.05) is 13.0 Å². The van der Waals surface area contributed by atoms with Crippen LogP contribution in [0.1, 0.15) is 26.2 Å². The van der Waals surface area contributed by atoms with Crippen molar-refractivity contribution in [2.45, 2.75) is 38.4 Å². The molecule has 1 fully saturated rings. The lowest BCUT2D eigenvalue weighted by Gasteiger charge is -2.24. The summed E-state index contributed by atoms with van der Waals surface area (Å²) in [5.41, 5.74) is 1.17. The number of nitrogens with zero attached hydrogens (tertiary/aromatic N) is 1. The van der Waals surface area contributed by atoms with Crippen LogP contribution in [0, 0.1) is 0 Å². The van der Waals surface area contributed by atoms with Gasteiger partial charge >= 0.3 is 0 Å². The second-order valence-electron chi connectivity index (χ2n) is 5.74. The van der Waals surface area contributed by atoms with Gasteiger partial charge in [-0.15, -0.1) is 0 Å². The van der Waals surface area contributed by atoms with Crippen LogP contribution in [0.2, 0.25) is 0 Å². The van der Waals surface area contributed by atoms with Crippen molar-refractivity contribution < 1.29 is 9.47 Å². The molecule has 0 aliphatic carbocycles. The van der Waals surface area contributed by atoms with Crippen LogP contribution in [0.3, 0.4) is 0 Å². The number of hydrogen-bond acceptors (Lipinski definition) is 4. The van der Waals surface area contributed by atoms with Gasteiger partial charge in [0.15, 0.2) is 0 Å². The van der Waals surface area contributed by atoms with E-state index in [-0.39, 0.29) is 0 Å².